The van der Waals surface area contributed by atoms with Crippen molar-refractivity contribution >= 4 is 0 Å². The van der Waals surface area contributed by atoms with Crippen LogP contribution in [0.4, 0.5) is 0 Å². The molecule has 1 rings (SSSR count). The highest BCUT2D eigenvalue weighted by atomic mass is 16.5. The van der Waals surface area contributed by atoms with Crippen LogP contribution in [0.15, 0.2) is 12.2 Å². The highest BCUT2D eigenvalue weighted by Crippen LogP contribution is 2.16. The maximum atomic E-state index is 5.61. The standard InChI is InChI=1S/C10H20N2O/c1-9(6-11)7-12-4-5-13-10(2,3)8-12/h1,4-8,11H2,2-3H3. The fourth-order valence-corrected chi connectivity index (χ4v) is 1.63. The van der Waals surface area contributed by atoms with Crippen LogP contribution in [0.25, 0.3) is 0 Å². The molecular formula is C10H20N2O. The molecule has 0 aromatic carbocycles. The first-order valence-electron chi connectivity index (χ1n) is 4.76. The quantitative estimate of drug-likeness (QED) is 0.653. The van der Waals surface area contributed by atoms with Crippen molar-refractivity contribution < 1.29 is 4.74 Å². The Balaban J connectivity index is 2.39. The Morgan fingerprint density at radius 1 is 1.62 bits per heavy atom. The molecule has 2 N–H and O–H groups in total. The molecule has 76 valence electrons. The number of nitrogens with two attached hydrogens (primary N) is 1. The smallest absolute Gasteiger partial charge is 0.0753 e. The maximum Gasteiger partial charge on any atom is 0.0753 e. The fraction of sp³-hybridized carbons (Fsp3) is 0.800. The molecule has 0 radical (unpaired) electrons. The second kappa shape index (κ2) is 4.22. The number of nitrogens with zero attached hydrogens (tertiary/aromatic N) is 1. The number of morpholine rings is 1. The van der Waals surface area contributed by atoms with Crippen LogP contribution in [-0.2, 0) is 4.74 Å². The first-order valence-corrected chi connectivity index (χ1v) is 4.76. The van der Waals surface area contributed by atoms with Gasteiger partial charge >= 0.3 is 0 Å². The van der Waals surface area contributed by atoms with Crippen LogP contribution in [0.2, 0.25) is 0 Å². The van der Waals surface area contributed by atoms with Crippen LogP contribution >= 0.6 is 0 Å². The van der Waals surface area contributed by atoms with Crippen molar-refractivity contribution in [3.8, 4) is 0 Å². The summed E-state index contributed by atoms with van der Waals surface area (Å²) < 4.78 is 5.61. The van der Waals surface area contributed by atoms with Gasteiger partial charge < -0.3 is 10.5 Å². The van der Waals surface area contributed by atoms with Gasteiger partial charge in [-0.2, -0.15) is 0 Å². The first-order chi connectivity index (χ1) is 6.03. The molecule has 0 atom stereocenters. The van der Waals surface area contributed by atoms with E-state index >= 15 is 0 Å². The van der Waals surface area contributed by atoms with E-state index in [9.17, 15) is 0 Å². The van der Waals surface area contributed by atoms with E-state index in [2.05, 4.69) is 25.3 Å². The van der Waals surface area contributed by atoms with Gasteiger partial charge in [0.15, 0.2) is 0 Å². The lowest BCUT2D eigenvalue weighted by atomic mass is 10.1. The Labute approximate surface area is 80.5 Å². The van der Waals surface area contributed by atoms with Crippen LogP contribution in [0.3, 0.4) is 0 Å². The third-order valence-electron chi connectivity index (χ3n) is 2.24. The average molecular weight is 184 g/mol. The molecule has 0 aromatic rings. The van der Waals surface area contributed by atoms with E-state index in [0.717, 1.165) is 31.8 Å². The van der Waals surface area contributed by atoms with E-state index in [1.54, 1.807) is 0 Å². The zero-order valence-corrected chi connectivity index (χ0v) is 8.68. The number of hydrogen-bond acceptors (Lipinski definition) is 3. The van der Waals surface area contributed by atoms with Crippen molar-refractivity contribution in [2.45, 2.75) is 19.4 Å². The van der Waals surface area contributed by atoms with Crippen LogP contribution in [0, 0.1) is 0 Å². The molecule has 1 aliphatic heterocycles. The number of hydrogen-bond donors (Lipinski definition) is 1. The number of ether oxygens (including phenoxy) is 1. The van der Waals surface area contributed by atoms with Crippen LogP contribution < -0.4 is 5.73 Å². The summed E-state index contributed by atoms with van der Waals surface area (Å²) >= 11 is 0. The Morgan fingerprint density at radius 3 is 2.85 bits per heavy atom. The van der Waals surface area contributed by atoms with Crippen molar-refractivity contribution in [3.05, 3.63) is 12.2 Å². The van der Waals surface area contributed by atoms with Crippen molar-refractivity contribution in [1.29, 1.82) is 0 Å². The minimum Gasteiger partial charge on any atom is -0.373 e. The van der Waals surface area contributed by atoms with Crippen molar-refractivity contribution in [1.82, 2.24) is 4.90 Å². The van der Waals surface area contributed by atoms with E-state index < -0.39 is 0 Å². The second-order valence-electron chi connectivity index (χ2n) is 4.27. The molecule has 0 saturated carbocycles. The summed E-state index contributed by atoms with van der Waals surface area (Å²) in [4.78, 5) is 2.35. The summed E-state index contributed by atoms with van der Waals surface area (Å²) in [6, 6.07) is 0. The van der Waals surface area contributed by atoms with Gasteiger partial charge in [0, 0.05) is 26.2 Å². The van der Waals surface area contributed by atoms with E-state index in [0.29, 0.717) is 6.54 Å². The summed E-state index contributed by atoms with van der Waals surface area (Å²) in [5.41, 5.74) is 6.57. The Morgan fingerprint density at radius 2 is 2.31 bits per heavy atom. The lowest BCUT2D eigenvalue weighted by Crippen LogP contribution is -2.48. The molecule has 1 saturated heterocycles. The summed E-state index contributed by atoms with van der Waals surface area (Å²) in [7, 11) is 0. The monoisotopic (exact) mass is 184 g/mol. The van der Waals surface area contributed by atoms with E-state index in [1.807, 2.05) is 0 Å². The molecular weight excluding hydrogens is 164 g/mol. The number of rotatable bonds is 3. The van der Waals surface area contributed by atoms with Gasteiger partial charge in [-0.1, -0.05) is 6.58 Å². The lowest BCUT2D eigenvalue weighted by molar-refractivity contribution is -0.0835. The minimum atomic E-state index is -0.0207. The van der Waals surface area contributed by atoms with Crippen LogP contribution in [0.5, 0.6) is 0 Å². The summed E-state index contributed by atoms with van der Waals surface area (Å²) in [5, 5.41) is 0. The maximum absolute atomic E-state index is 5.61. The predicted octanol–water partition coefficient (Wildman–Crippen LogP) is 0.612. The Hall–Kier alpha value is -0.380. The third kappa shape index (κ3) is 3.46. The SMILES string of the molecule is C=C(CN)CN1CCOC(C)(C)C1. The molecule has 0 bridgehead atoms. The largest absolute Gasteiger partial charge is 0.373 e. The van der Waals surface area contributed by atoms with Gasteiger partial charge in [0.1, 0.15) is 0 Å². The molecule has 1 aliphatic rings. The molecule has 0 spiro atoms. The van der Waals surface area contributed by atoms with Gasteiger partial charge in [0.05, 0.1) is 12.2 Å². The molecule has 13 heavy (non-hydrogen) atoms. The normalized spacial score (nSPS) is 23.0. The highest BCUT2D eigenvalue weighted by Gasteiger charge is 2.26. The molecule has 0 aliphatic carbocycles. The van der Waals surface area contributed by atoms with E-state index in [-0.39, 0.29) is 5.60 Å². The summed E-state index contributed by atoms with van der Waals surface area (Å²) in [5.74, 6) is 0. The predicted molar refractivity (Wildman–Crippen MR) is 54.7 cm³/mol. The van der Waals surface area contributed by atoms with Crippen LogP contribution in [-0.4, -0.2) is 43.3 Å². The fourth-order valence-electron chi connectivity index (χ4n) is 1.63. The van der Waals surface area contributed by atoms with Gasteiger partial charge in [0.25, 0.3) is 0 Å². The molecule has 0 amide bonds. The second-order valence-corrected chi connectivity index (χ2v) is 4.27. The lowest BCUT2D eigenvalue weighted by Gasteiger charge is -2.38. The zero-order valence-electron chi connectivity index (χ0n) is 8.68. The van der Waals surface area contributed by atoms with Gasteiger partial charge in [0.2, 0.25) is 0 Å². The Kier molecular flexibility index (Phi) is 3.47. The summed E-state index contributed by atoms with van der Waals surface area (Å²) in [6.07, 6.45) is 0. The molecule has 0 aromatic heterocycles. The highest BCUT2D eigenvalue weighted by molar-refractivity contribution is 4.99. The molecule has 0 unspecified atom stereocenters. The van der Waals surface area contributed by atoms with E-state index in [1.165, 1.54) is 0 Å². The zero-order chi connectivity index (χ0) is 9.90. The first kappa shape index (κ1) is 10.7. The average Bonchev–Trinajstić information content (AvgIpc) is 2.02. The van der Waals surface area contributed by atoms with Crippen molar-refractivity contribution in [3.63, 3.8) is 0 Å². The Bertz CT molecular complexity index is 189. The van der Waals surface area contributed by atoms with Crippen molar-refractivity contribution in [2.75, 3.05) is 32.8 Å². The molecule has 1 fully saturated rings. The molecule has 1 heterocycles. The van der Waals surface area contributed by atoms with E-state index in [4.69, 9.17) is 10.5 Å². The van der Waals surface area contributed by atoms with Gasteiger partial charge in [-0.3, -0.25) is 4.90 Å². The van der Waals surface area contributed by atoms with Gasteiger partial charge in [-0.25, -0.2) is 0 Å². The topological polar surface area (TPSA) is 38.5 Å². The van der Waals surface area contributed by atoms with Crippen LogP contribution in [0.1, 0.15) is 13.8 Å². The summed E-state index contributed by atoms with van der Waals surface area (Å²) in [6.45, 7) is 12.4. The molecule has 3 nitrogen and oxygen atoms in total. The van der Waals surface area contributed by atoms with Gasteiger partial charge in [-0.05, 0) is 19.4 Å². The van der Waals surface area contributed by atoms with Crippen molar-refractivity contribution in [2.24, 2.45) is 5.73 Å². The van der Waals surface area contributed by atoms with Gasteiger partial charge in [-0.15, -0.1) is 0 Å². The molecule has 3 heteroatoms. The third-order valence-corrected chi connectivity index (χ3v) is 2.24. The minimum absolute atomic E-state index is 0.0207.